The number of para-hydroxylation sites is 1. The van der Waals surface area contributed by atoms with Crippen molar-refractivity contribution < 1.29 is 24.2 Å². The van der Waals surface area contributed by atoms with E-state index in [0.29, 0.717) is 23.6 Å². The van der Waals surface area contributed by atoms with E-state index >= 15 is 0 Å². The van der Waals surface area contributed by atoms with Crippen LogP contribution >= 0.6 is 0 Å². The maximum Gasteiger partial charge on any atom is 0.340 e. The zero-order chi connectivity index (χ0) is 19.6. The second-order valence-corrected chi connectivity index (χ2v) is 6.75. The molecular weight excluding hydrogens is 346 g/mol. The van der Waals surface area contributed by atoms with Crippen LogP contribution in [0.15, 0.2) is 35.0 Å². The molecule has 0 saturated heterocycles. The van der Waals surface area contributed by atoms with E-state index in [4.69, 9.17) is 9.47 Å². The molecule has 0 radical (unpaired) electrons. The van der Waals surface area contributed by atoms with Crippen LogP contribution in [0.2, 0.25) is 0 Å². The summed E-state index contributed by atoms with van der Waals surface area (Å²) in [6, 6.07) is 5.18. The minimum Gasteiger partial charge on any atom is -0.504 e. The van der Waals surface area contributed by atoms with Gasteiger partial charge in [0.15, 0.2) is 11.5 Å². The SMILES string of the molecule is CCOc1cccc(C=C2C(=O)N(C3CCCC3)C(C)=C2C(=O)OC)c1O. The Balaban J connectivity index is 2.07. The number of carbonyl (C=O) groups is 2. The Morgan fingerprint density at radius 1 is 1.33 bits per heavy atom. The number of rotatable bonds is 5. The number of nitrogens with zero attached hydrogens (tertiary/aromatic N) is 1. The highest BCUT2D eigenvalue weighted by molar-refractivity contribution is 6.16. The molecule has 1 heterocycles. The summed E-state index contributed by atoms with van der Waals surface area (Å²) in [5.41, 5.74) is 1.54. The summed E-state index contributed by atoms with van der Waals surface area (Å²) in [5, 5.41) is 10.5. The van der Waals surface area contributed by atoms with Crippen LogP contribution in [0.1, 0.15) is 45.1 Å². The summed E-state index contributed by atoms with van der Waals surface area (Å²) in [6.07, 6.45) is 5.55. The predicted octanol–water partition coefficient (Wildman–Crippen LogP) is 3.41. The summed E-state index contributed by atoms with van der Waals surface area (Å²) >= 11 is 0. The molecule has 3 rings (SSSR count). The van der Waals surface area contributed by atoms with E-state index in [-0.39, 0.29) is 28.8 Å². The average molecular weight is 371 g/mol. The molecule has 1 aliphatic carbocycles. The Bertz CT molecular complexity index is 818. The number of hydrogen-bond donors (Lipinski definition) is 1. The van der Waals surface area contributed by atoms with E-state index in [1.165, 1.54) is 7.11 Å². The Labute approximate surface area is 159 Å². The first-order valence-electron chi connectivity index (χ1n) is 9.29. The number of allylic oxidation sites excluding steroid dienone is 1. The molecule has 0 aromatic heterocycles. The molecule has 1 saturated carbocycles. The third kappa shape index (κ3) is 3.44. The van der Waals surface area contributed by atoms with Crippen LogP contribution < -0.4 is 4.74 Å². The van der Waals surface area contributed by atoms with Gasteiger partial charge in [-0.15, -0.1) is 0 Å². The fraction of sp³-hybridized carbons (Fsp3) is 0.429. The fourth-order valence-corrected chi connectivity index (χ4v) is 3.88. The van der Waals surface area contributed by atoms with E-state index in [0.717, 1.165) is 25.7 Å². The van der Waals surface area contributed by atoms with Crippen molar-refractivity contribution in [2.75, 3.05) is 13.7 Å². The van der Waals surface area contributed by atoms with Gasteiger partial charge >= 0.3 is 5.97 Å². The number of aromatic hydroxyl groups is 1. The zero-order valence-electron chi connectivity index (χ0n) is 15.9. The molecule has 0 spiro atoms. The lowest BCUT2D eigenvalue weighted by Crippen LogP contribution is -2.34. The summed E-state index contributed by atoms with van der Waals surface area (Å²) in [7, 11) is 1.30. The second kappa shape index (κ2) is 7.86. The van der Waals surface area contributed by atoms with Gasteiger partial charge in [0, 0.05) is 17.3 Å². The van der Waals surface area contributed by atoms with E-state index in [2.05, 4.69) is 0 Å². The number of esters is 1. The van der Waals surface area contributed by atoms with Gasteiger partial charge in [-0.1, -0.05) is 25.0 Å². The van der Waals surface area contributed by atoms with Gasteiger partial charge in [-0.3, -0.25) is 4.79 Å². The van der Waals surface area contributed by atoms with Crippen LogP contribution in [0, 0.1) is 0 Å². The molecule has 2 aliphatic rings. The van der Waals surface area contributed by atoms with Crippen molar-refractivity contribution in [2.45, 2.75) is 45.6 Å². The molecule has 0 atom stereocenters. The van der Waals surface area contributed by atoms with Gasteiger partial charge in [0.2, 0.25) is 0 Å². The number of hydrogen-bond acceptors (Lipinski definition) is 5. The maximum atomic E-state index is 13.2. The van der Waals surface area contributed by atoms with Crippen LogP contribution in [0.5, 0.6) is 11.5 Å². The molecule has 1 N–H and O–H groups in total. The van der Waals surface area contributed by atoms with Crippen LogP contribution in [0.3, 0.4) is 0 Å². The number of phenolic OH excluding ortho intramolecular Hbond substituents is 1. The van der Waals surface area contributed by atoms with Gasteiger partial charge in [-0.25, -0.2) is 4.79 Å². The van der Waals surface area contributed by atoms with Crippen molar-refractivity contribution in [3.05, 3.63) is 40.6 Å². The Hall–Kier alpha value is -2.76. The van der Waals surface area contributed by atoms with Crippen molar-refractivity contribution in [1.29, 1.82) is 0 Å². The largest absolute Gasteiger partial charge is 0.504 e. The predicted molar refractivity (Wildman–Crippen MR) is 101 cm³/mol. The molecule has 1 aromatic carbocycles. The maximum absolute atomic E-state index is 13.2. The topological polar surface area (TPSA) is 76.1 Å². The van der Waals surface area contributed by atoms with Gasteiger partial charge in [0.25, 0.3) is 5.91 Å². The summed E-state index contributed by atoms with van der Waals surface area (Å²) in [4.78, 5) is 27.3. The van der Waals surface area contributed by atoms with Gasteiger partial charge in [0.1, 0.15) is 0 Å². The highest BCUT2D eigenvalue weighted by Gasteiger charge is 2.41. The highest BCUT2D eigenvalue weighted by Crippen LogP contribution is 2.39. The van der Waals surface area contributed by atoms with Crippen molar-refractivity contribution in [3.8, 4) is 11.5 Å². The molecule has 1 aromatic rings. The lowest BCUT2D eigenvalue weighted by atomic mass is 10.0. The first-order chi connectivity index (χ1) is 13.0. The Morgan fingerprint density at radius 3 is 2.67 bits per heavy atom. The number of amides is 1. The first-order valence-corrected chi connectivity index (χ1v) is 9.29. The summed E-state index contributed by atoms with van der Waals surface area (Å²) in [5.74, 6) is -0.486. The minimum atomic E-state index is -0.548. The molecular formula is C21H25NO5. The van der Waals surface area contributed by atoms with Crippen LogP contribution in [-0.2, 0) is 14.3 Å². The first kappa shape index (κ1) is 19.0. The van der Waals surface area contributed by atoms with Gasteiger partial charge in [-0.2, -0.15) is 0 Å². The molecule has 6 nitrogen and oxygen atoms in total. The molecule has 6 heteroatoms. The van der Waals surface area contributed by atoms with Gasteiger partial charge < -0.3 is 19.5 Å². The Morgan fingerprint density at radius 2 is 2.04 bits per heavy atom. The third-order valence-electron chi connectivity index (χ3n) is 5.15. The van der Waals surface area contributed by atoms with E-state index < -0.39 is 5.97 Å². The molecule has 0 unspecified atom stereocenters. The smallest absolute Gasteiger partial charge is 0.340 e. The van der Waals surface area contributed by atoms with Crippen LogP contribution in [0.25, 0.3) is 6.08 Å². The second-order valence-electron chi connectivity index (χ2n) is 6.75. The number of phenols is 1. The minimum absolute atomic E-state index is 0.0548. The monoisotopic (exact) mass is 371 g/mol. The number of benzene rings is 1. The molecule has 144 valence electrons. The highest BCUT2D eigenvalue weighted by atomic mass is 16.5. The molecule has 1 amide bonds. The van der Waals surface area contributed by atoms with Gasteiger partial charge in [-0.05, 0) is 38.8 Å². The van der Waals surface area contributed by atoms with Crippen molar-refractivity contribution in [2.24, 2.45) is 0 Å². The summed E-state index contributed by atoms with van der Waals surface area (Å²) < 4.78 is 10.3. The van der Waals surface area contributed by atoms with E-state index in [1.807, 2.05) is 6.92 Å². The molecule has 1 fully saturated rings. The van der Waals surface area contributed by atoms with Gasteiger partial charge in [0.05, 0.1) is 24.9 Å². The lowest BCUT2D eigenvalue weighted by molar-refractivity contribution is -0.136. The van der Waals surface area contributed by atoms with Crippen molar-refractivity contribution in [1.82, 2.24) is 4.90 Å². The van der Waals surface area contributed by atoms with E-state index in [9.17, 15) is 14.7 Å². The standard InChI is InChI=1S/C21H25NO5/c1-4-27-17-11-7-8-14(19(17)23)12-16-18(21(25)26-3)13(2)22(20(16)24)15-9-5-6-10-15/h7-8,11-12,15,23H,4-6,9-10H2,1-3H3. The average Bonchev–Trinajstić information content (AvgIpc) is 3.25. The van der Waals surface area contributed by atoms with Crippen molar-refractivity contribution in [3.63, 3.8) is 0 Å². The fourth-order valence-electron chi connectivity index (χ4n) is 3.88. The summed E-state index contributed by atoms with van der Waals surface area (Å²) in [6.45, 7) is 4.01. The van der Waals surface area contributed by atoms with Crippen LogP contribution in [-0.4, -0.2) is 41.6 Å². The van der Waals surface area contributed by atoms with E-state index in [1.54, 1.807) is 36.1 Å². The third-order valence-corrected chi connectivity index (χ3v) is 5.15. The molecule has 27 heavy (non-hydrogen) atoms. The molecule has 1 aliphatic heterocycles. The van der Waals surface area contributed by atoms with Crippen molar-refractivity contribution >= 4 is 18.0 Å². The normalized spacial score (nSPS) is 19.3. The quantitative estimate of drug-likeness (QED) is 0.634. The molecule has 0 bridgehead atoms. The zero-order valence-corrected chi connectivity index (χ0v) is 15.9. The number of ether oxygens (including phenoxy) is 2. The van der Waals surface area contributed by atoms with Crippen LogP contribution in [0.4, 0.5) is 0 Å². The Kier molecular flexibility index (Phi) is 5.54. The number of carbonyl (C=O) groups excluding carboxylic acids is 2. The lowest BCUT2D eigenvalue weighted by Gasteiger charge is -2.25. The number of methoxy groups -OCH3 is 1.